The molecule has 2 N–H and O–H groups in total. The van der Waals surface area contributed by atoms with E-state index < -0.39 is 0 Å². The van der Waals surface area contributed by atoms with Gasteiger partial charge < -0.3 is 15.2 Å². The number of hydrogen-bond donors (Lipinski definition) is 2. The quantitative estimate of drug-likeness (QED) is 0.768. The fourth-order valence-electron chi connectivity index (χ4n) is 3.36. The van der Waals surface area contributed by atoms with Crippen molar-refractivity contribution in [2.75, 3.05) is 32.4 Å². The zero-order valence-corrected chi connectivity index (χ0v) is 17.1. The Bertz CT molecular complexity index is 823. The van der Waals surface area contributed by atoms with E-state index in [9.17, 15) is 9.18 Å². The maximum absolute atomic E-state index is 13.8. The van der Waals surface area contributed by atoms with Crippen molar-refractivity contribution in [3.8, 4) is 0 Å². The molecule has 3 heterocycles. The van der Waals surface area contributed by atoms with E-state index in [-0.39, 0.29) is 41.5 Å². The summed E-state index contributed by atoms with van der Waals surface area (Å²) in [5, 5.41) is 10.1. The van der Waals surface area contributed by atoms with Gasteiger partial charge in [-0.05, 0) is 25.1 Å². The van der Waals surface area contributed by atoms with Crippen LogP contribution in [-0.4, -0.2) is 58.6 Å². The Kier molecular flexibility index (Phi) is 6.92. The molecule has 10 heteroatoms. The number of carbonyl (C=O) groups is 1. The fourth-order valence-corrected chi connectivity index (χ4v) is 4.53. The molecular formula is C18H23ClFN5O2S. The summed E-state index contributed by atoms with van der Waals surface area (Å²) in [6, 6.07) is 6.31. The summed E-state index contributed by atoms with van der Waals surface area (Å²) in [6.45, 7) is 2.63. The topological polar surface area (TPSA) is 83.3 Å². The third-order valence-electron chi connectivity index (χ3n) is 5.00. The zero-order chi connectivity index (χ0) is 18.8. The van der Waals surface area contributed by atoms with E-state index in [4.69, 9.17) is 4.52 Å². The molecular weight excluding hydrogens is 405 g/mol. The highest BCUT2D eigenvalue weighted by Crippen LogP contribution is 2.29. The van der Waals surface area contributed by atoms with Crippen LogP contribution < -0.4 is 10.6 Å². The molecule has 28 heavy (non-hydrogen) atoms. The number of amides is 1. The fraction of sp³-hybridized carbons (Fsp3) is 0.500. The van der Waals surface area contributed by atoms with Crippen molar-refractivity contribution >= 4 is 30.1 Å². The number of likely N-dealkylation sites (N-methyl/N-ethyl adjacent to an activating group) is 1. The van der Waals surface area contributed by atoms with Crippen LogP contribution in [0.25, 0.3) is 0 Å². The molecule has 7 nitrogen and oxygen atoms in total. The number of aromatic nitrogens is 2. The third-order valence-corrected chi connectivity index (χ3v) is 6.31. The minimum atomic E-state index is -0.325. The Morgan fingerprint density at radius 2 is 2.21 bits per heavy atom. The van der Waals surface area contributed by atoms with Gasteiger partial charge in [0.15, 0.2) is 5.82 Å². The summed E-state index contributed by atoms with van der Waals surface area (Å²) >= 11 is 1.49. The first-order valence-corrected chi connectivity index (χ1v) is 10.1. The van der Waals surface area contributed by atoms with Gasteiger partial charge in [-0.15, -0.1) is 24.2 Å². The average molecular weight is 428 g/mol. The summed E-state index contributed by atoms with van der Waals surface area (Å²) in [7, 11) is 2.03. The molecule has 0 spiro atoms. The van der Waals surface area contributed by atoms with Crippen molar-refractivity contribution in [1.29, 1.82) is 0 Å². The van der Waals surface area contributed by atoms with E-state index >= 15 is 0 Å². The molecule has 152 valence electrons. The van der Waals surface area contributed by atoms with Gasteiger partial charge in [-0.25, -0.2) is 4.39 Å². The van der Waals surface area contributed by atoms with Crippen LogP contribution in [0, 0.1) is 5.82 Å². The van der Waals surface area contributed by atoms with Gasteiger partial charge in [-0.1, -0.05) is 23.4 Å². The van der Waals surface area contributed by atoms with E-state index in [2.05, 4.69) is 25.7 Å². The second kappa shape index (κ2) is 9.21. The van der Waals surface area contributed by atoms with Gasteiger partial charge in [0.1, 0.15) is 11.9 Å². The smallest absolute Gasteiger partial charge is 0.250 e. The minimum Gasteiger partial charge on any atom is -0.343 e. The number of benzene rings is 1. The van der Waals surface area contributed by atoms with E-state index in [1.54, 1.807) is 18.2 Å². The van der Waals surface area contributed by atoms with Crippen LogP contribution >= 0.6 is 24.2 Å². The van der Waals surface area contributed by atoms with Crippen LogP contribution in [0.15, 0.2) is 28.8 Å². The number of rotatable bonds is 4. The van der Waals surface area contributed by atoms with E-state index in [0.717, 1.165) is 19.6 Å². The molecule has 3 atom stereocenters. The summed E-state index contributed by atoms with van der Waals surface area (Å²) in [5.41, 5.74) is 0.552. The zero-order valence-electron chi connectivity index (χ0n) is 15.4. The van der Waals surface area contributed by atoms with Gasteiger partial charge in [0.2, 0.25) is 11.8 Å². The van der Waals surface area contributed by atoms with Crippen LogP contribution in [0.3, 0.4) is 0 Å². The van der Waals surface area contributed by atoms with E-state index in [0.29, 0.717) is 29.5 Å². The molecule has 4 rings (SSSR count). The molecule has 0 saturated carbocycles. The number of piperazine rings is 1. The second-order valence-corrected chi connectivity index (χ2v) is 8.11. The van der Waals surface area contributed by atoms with Gasteiger partial charge >= 0.3 is 0 Å². The van der Waals surface area contributed by atoms with Gasteiger partial charge in [-0.2, -0.15) is 4.98 Å². The first-order chi connectivity index (χ1) is 13.1. The lowest BCUT2D eigenvalue weighted by atomic mass is 10.1. The van der Waals surface area contributed by atoms with E-state index in [1.165, 1.54) is 17.8 Å². The predicted molar refractivity (Wildman–Crippen MR) is 107 cm³/mol. The number of thioether (sulfide) groups is 1. The van der Waals surface area contributed by atoms with E-state index in [1.807, 2.05) is 7.05 Å². The molecule has 1 amide bonds. The SMILES string of the molecule is CN1CCNCC1c1noc(C2CSC(Cc3ccccc3F)C(=O)N2)n1.Cl. The van der Waals surface area contributed by atoms with Crippen LogP contribution in [0.1, 0.15) is 29.4 Å². The molecule has 2 aromatic rings. The Morgan fingerprint density at radius 3 is 2.96 bits per heavy atom. The van der Waals surface area contributed by atoms with Crippen molar-refractivity contribution in [2.24, 2.45) is 0 Å². The van der Waals surface area contributed by atoms with Gasteiger partial charge in [0.25, 0.3) is 0 Å². The lowest BCUT2D eigenvalue weighted by Crippen LogP contribution is -2.44. The highest BCUT2D eigenvalue weighted by Gasteiger charge is 2.34. The minimum absolute atomic E-state index is 0. The average Bonchev–Trinajstić information content (AvgIpc) is 3.15. The number of hydrogen-bond acceptors (Lipinski definition) is 7. The number of nitrogens with zero attached hydrogens (tertiary/aromatic N) is 3. The van der Waals surface area contributed by atoms with Gasteiger partial charge in [-0.3, -0.25) is 9.69 Å². The highest BCUT2D eigenvalue weighted by molar-refractivity contribution is 8.00. The summed E-state index contributed by atoms with van der Waals surface area (Å²) < 4.78 is 19.3. The molecule has 2 aliphatic heterocycles. The molecule has 1 aromatic heterocycles. The Balaban J connectivity index is 0.00000225. The van der Waals surface area contributed by atoms with Crippen molar-refractivity contribution < 1.29 is 13.7 Å². The molecule has 2 fully saturated rings. The first-order valence-electron chi connectivity index (χ1n) is 9.01. The highest BCUT2D eigenvalue weighted by atomic mass is 35.5. The van der Waals surface area contributed by atoms with Crippen LogP contribution in [0.4, 0.5) is 4.39 Å². The van der Waals surface area contributed by atoms with Gasteiger partial charge in [0, 0.05) is 25.4 Å². The maximum Gasteiger partial charge on any atom is 0.250 e. The first kappa shape index (κ1) is 21.0. The van der Waals surface area contributed by atoms with Crippen molar-refractivity contribution in [1.82, 2.24) is 25.7 Å². The largest absolute Gasteiger partial charge is 0.343 e. The molecule has 0 radical (unpaired) electrons. The number of halogens is 2. The van der Waals surface area contributed by atoms with Crippen molar-refractivity contribution in [2.45, 2.75) is 23.8 Å². The molecule has 0 aliphatic carbocycles. The monoisotopic (exact) mass is 427 g/mol. The summed E-state index contributed by atoms with van der Waals surface area (Å²) in [4.78, 5) is 19.2. The molecule has 0 bridgehead atoms. The molecule has 2 aliphatic rings. The number of carbonyl (C=O) groups excluding carboxylic acids is 1. The number of nitrogens with one attached hydrogen (secondary N) is 2. The third kappa shape index (κ3) is 4.48. The normalized spacial score (nSPS) is 25.8. The maximum atomic E-state index is 13.8. The van der Waals surface area contributed by atoms with Crippen LogP contribution in [0.2, 0.25) is 0 Å². The van der Waals surface area contributed by atoms with Crippen molar-refractivity contribution in [3.63, 3.8) is 0 Å². The summed E-state index contributed by atoms with van der Waals surface area (Å²) in [5.74, 6) is 1.27. The predicted octanol–water partition coefficient (Wildman–Crippen LogP) is 1.72. The molecule has 2 saturated heterocycles. The molecule has 3 unspecified atom stereocenters. The Labute approximate surface area is 173 Å². The summed E-state index contributed by atoms with van der Waals surface area (Å²) in [6.07, 6.45) is 0.365. The Morgan fingerprint density at radius 1 is 1.39 bits per heavy atom. The molecule has 1 aromatic carbocycles. The van der Waals surface area contributed by atoms with Crippen LogP contribution in [0.5, 0.6) is 0 Å². The lowest BCUT2D eigenvalue weighted by Gasteiger charge is -2.30. The van der Waals surface area contributed by atoms with Crippen LogP contribution in [-0.2, 0) is 11.2 Å². The Hall–Kier alpha value is -1.68. The lowest BCUT2D eigenvalue weighted by molar-refractivity contribution is -0.121. The second-order valence-electron chi connectivity index (χ2n) is 6.87. The standard InChI is InChI=1S/C18H22FN5O2S.ClH/c1-24-7-6-20-9-14(24)16-22-18(26-23-16)13-10-27-15(17(25)21-13)8-11-4-2-3-5-12(11)19;/h2-5,13-15,20H,6-10H2,1H3,(H,21,25);1H. The van der Waals surface area contributed by atoms with Gasteiger partial charge in [0.05, 0.1) is 11.3 Å². The van der Waals surface area contributed by atoms with Crippen molar-refractivity contribution in [3.05, 3.63) is 47.4 Å².